The van der Waals surface area contributed by atoms with Gasteiger partial charge in [0.15, 0.2) is 0 Å². The fourth-order valence-electron chi connectivity index (χ4n) is 1.16. The van der Waals surface area contributed by atoms with Crippen LogP contribution in [0.25, 0.3) is 5.52 Å². The molecule has 0 saturated heterocycles. The molecule has 0 aliphatic rings. The van der Waals surface area contributed by atoms with Crippen LogP contribution in [0.4, 0.5) is 10.6 Å². The number of anilines is 1. The van der Waals surface area contributed by atoms with Gasteiger partial charge in [-0.25, -0.2) is 9.78 Å². The van der Waals surface area contributed by atoms with Crippen LogP contribution in [-0.4, -0.2) is 20.6 Å². The van der Waals surface area contributed by atoms with Crippen molar-refractivity contribution in [2.24, 2.45) is 0 Å². The summed E-state index contributed by atoms with van der Waals surface area (Å²) in [6.45, 7) is 0. The normalized spacial score (nSPS) is 10.4. The van der Waals surface area contributed by atoms with E-state index >= 15 is 0 Å². The third-order valence-electron chi connectivity index (χ3n) is 1.69. The van der Waals surface area contributed by atoms with Crippen LogP contribution in [0.15, 0.2) is 29.1 Å². The van der Waals surface area contributed by atoms with Crippen LogP contribution >= 0.6 is 15.9 Å². The molecule has 0 bridgehead atoms. The van der Waals surface area contributed by atoms with Gasteiger partial charge >= 0.3 is 6.09 Å². The van der Waals surface area contributed by atoms with Gasteiger partial charge in [-0.05, 0) is 22.0 Å². The Balaban J connectivity index is 2.45. The van der Waals surface area contributed by atoms with Gasteiger partial charge in [0.05, 0.1) is 5.52 Å². The highest BCUT2D eigenvalue weighted by Gasteiger charge is 2.02. The number of amides is 1. The number of aromatic nitrogens is 2. The van der Waals surface area contributed by atoms with E-state index in [9.17, 15) is 4.79 Å². The first-order chi connectivity index (χ1) is 6.65. The topological polar surface area (TPSA) is 66.6 Å². The van der Waals surface area contributed by atoms with Crippen molar-refractivity contribution in [3.05, 3.63) is 29.1 Å². The van der Waals surface area contributed by atoms with E-state index in [0.29, 0.717) is 5.82 Å². The SMILES string of the molecule is O=C(O)Nc1cc2cc(Br)cn2cn1. The molecule has 2 aromatic rings. The summed E-state index contributed by atoms with van der Waals surface area (Å²) in [7, 11) is 0. The van der Waals surface area contributed by atoms with Crippen molar-refractivity contribution in [3.63, 3.8) is 0 Å². The summed E-state index contributed by atoms with van der Waals surface area (Å²) in [5.74, 6) is 0.315. The molecule has 0 unspecified atom stereocenters. The van der Waals surface area contributed by atoms with E-state index in [-0.39, 0.29) is 0 Å². The molecule has 14 heavy (non-hydrogen) atoms. The minimum Gasteiger partial charge on any atom is -0.465 e. The van der Waals surface area contributed by atoms with Gasteiger partial charge in [-0.1, -0.05) is 0 Å². The van der Waals surface area contributed by atoms with E-state index in [2.05, 4.69) is 26.2 Å². The Morgan fingerprint density at radius 3 is 3.07 bits per heavy atom. The third-order valence-corrected chi connectivity index (χ3v) is 2.12. The maximum atomic E-state index is 10.3. The minimum atomic E-state index is -1.12. The van der Waals surface area contributed by atoms with Crippen LogP contribution in [0.5, 0.6) is 0 Å². The van der Waals surface area contributed by atoms with E-state index < -0.39 is 6.09 Å². The Hall–Kier alpha value is -1.56. The van der Waals surface area contributed by atoms with Crippen LogP contribution in [-0.2, 0) is 0 Å². The first-order valence-electron chi connectivity index (χ1n) is 3.78. The van der Waals surface area contributed by atoms with Crippen molar-refractivity contribution in [2.75, 3.05) is 5.32 Å². The molecular formula is C8H6BrN3O2. The smallest absolute Gasteiger partial charge is 0.410 e. The Bertz CT molecular complexity index is 494. The van der Waals surface area contributed by atoms with Crippen LogP contribution < -0.4 is 5.32 Å². The van der Waals surface area contributed by atoms with Crippen LogP contribution in [0, 0.1) is 0 Å². The van der Waals surface area contributed by atoms with Gasteiger partial charge in [0.25, 0.3) is 0 Å². The predicted octanol–water partition coefficient (Wildman–Crippen LogP) is 2.19. The quantitative estimate of drug-likeness (QED) is 0.821. The second-order valence-corrected chi connectivity index (χ2v) is 3.61. The second-order valence-electron chi connectivity index (χ2n) is 2.69. The lowest BCUT2D eigenvalue weighted by molar-refractivity contribution is 0.209. The highest BCUT2D eigenvalue weighted by Crippen LogP contribution is 2.17. The molecule has 0 aliphatic heterocycles. The molecular weight excluding hydrogens is 250 g/mol. The largest absolute Gasteiger partial charge is 0.465 e. The Morgan fingerprint density at radius 1 is 1.57 bits per heavy atom. The van der Waals surface area contributed by atoms with Crippen LogP contribution in [0.1, 0.15) is 0 Å². The average Bonchev–Trinajstić information content (AvgIpc) is 2.42. The molecule has 6 heteroatoms. The molecule has 0 atom stereocenters. The molecule has 5 nitrogen and oxygen atoms in total. The second kappa shape index (κ2) is 3.30. The highest BCUT2D eigenvalue weighted by molar-refractivity contribution is 9.10. The average molecular weight is 256 g/mol. The van der Waals surface area contributed by atoms with E-state index in [0.717, 1.165) is 9.99 Å². The molecule has 0 saturated carbocycles. The van der Waals surface area contributed by atoms with Crippen molar-refractivity contribution in [2.45, 2.75) is 0 Å². The van der Waals surface area contributed by atoms with Crippen LogP contribution in [0.2, 0.25) is 0 Å². The van der Waals surface area contributed by atoms with Gasteiger partial charge in [0, 0.05) is 16.7 Å². The predicted molar refractivity (Wildman–Crippen MR) is 54.5 cm³/mol. The first kappa shape index (κ1) is 9.01. The number of carbonyl (C=O) groups is 1. The Labute approximate surface area is 87.5 Å². The third kappa shape index (κ3) is 1.69. The number of carboxylic acid groups (broad SMARTS) is 1. The number of halogens is 1. The zero-order chi connectivity index (χ0) is 10.1. The standard InChI is InChI=1S/C8H6BrN3O2/c9-5-1-6-2-7(11-8(13)14)10-4-12(6)3-5/h1-4,11H,(H,13,14). The monoisotopic (exact) mass is 255 g/mol. The highest BCUT2D eigenvalue weighted by atomic mass is 79.9. The summed E-state index contributed by atoms with van der Waals surface area (Å²) in [6.07, 6.45) is 2.27. The number of hydrogen-bond donors (Lipinski definition) is 2. The summed E-state index contributed by atoms with van der Waals surface area (Å²) in [4.78, 5) is 14.3. The molecule has 72 valence electrons. The molecule has 0 radical (unpaired) electrons. The molecule has 1 amide bonds. The maximum absolute atomic E-state index is 10.3. The van der Waals surface area contributed by atoms with Gasteiger partial charge in [0.1, 0.15) is 12.1 Å². The summed E-state index contributed by atoms with van der Waals surface area (Å²) >= 11 is 3.31. The fourth-order valence-corrected chi connectivity index (χ4v) is 1.61. The molecule has 0 aromatic carbocycles. The van der Waals surface area contributed by atoms with Gasteiger partial charge in [0.2, 0.25) is 0 Å². The summed E-state index contributed by atoms with van der Waals surface area (Å²) in [5.41, 5.74) is 0.871. The van der Waals surface area contributed by atoms with Crippen molar-refractivity contribution in [1.82, 2.24) is 9.38 Å². The number of nitrogens with zero attached hydrogens (tertiary/aromatic N) is 2. The molecule has 2 N–H and O–H groups in total. The first-order valence-corrected chi connectivity index (χ1v) is 4.57. The summed E-state index contributed by atoms with van der Waals surface area (Å²) < 4.78 is 2.71. The molecule has 0 aliphatic carbocycles. The zero-order valence-corrected chi connectivity index (χ0v) is 8.52. The molecule has 2 heterocycles. The van der Waals surface area contributed by atoms with Crippen LogP contribution in [0.3, 0.4) is 0 Å². The summed E-state index contributed by atoms with van der Waals surface area (Å²) in [6, 6.07) is 3.52. The number of nitrogens with one attached hydrogen (secondary N) is 1. The van der Waals surface area contributed by atoms with E-state index in [1.807, 2.05) is 12.3 Å². The lowest BCUT2D eigenvalue weighted by atomic mass is 10.4. The maximum Gasteiger partial charge on any atom is 0.410 e. The van der Waals surface area contributed by atoms with Crippen molar-refractivity contribution in [1.29, 1.82) is 0 Å². The van der Waals surface area contributed by atoms with E-state index in [1.165, 1.54) is 0 Å². The van der Waals surface area contributed by atoms with Gasteiger partial charge in [-0.15, -0.1) is 0 Å². The lowest BCUT2D eigenvalue weighted by Gasteiger charge is -1.99. The van der Waals surface area contributed by atoms with E-state index in [4.69, 9.17) is 5.11 Å². The molecule has 2 rings (SSSR count). The fraction of sp³-hybridized carbons (Fsp3) is 0. The Morgan fingerprint density at radius 2 is 2.36 bits per heavy atom. The number of hydrogen-bond acceptors (Lipinski definition) is 2. The lowest BCUT2D eigenvalue weighted by Crippen LogP contribution is -2.08. The van der Waals surface area contributed by atoms with E-state index in [1.54, 1.807) is 16.8 Å². The molecule has 0 fully saturated rings. The Kier molecular flexibility index (Phi) is 2.12. The molecule has 0 spiro atoms. The molecule has 2 aromatic heterocycles. The van der Waals surface area contributed by atoms with Crippen molar-refractivity contribution in [3.8, 4) is 0 Å². The number of fused-ring (bicyclic) bond motifs is 1. The van der Waals surface area contributed by atoms with Gasteiger partial charge in [-0.3, -0.25) is 5.32 Å². The van der Waals surface area contributed by atoms with Gasteiger partial charge in [-0.2, -0.15) is 0 Å². The minimum absolute atomic E-state index is 0.315. The zero-order valence-electron chi connectivity index (χ0n) is 6.94. The van der Waals surface area contributed by atoms with Crippen molar-refractivity contribution >= 4 is 33.4 Å². The number of rotatable bonds is 1. The van der Waals surface area contributed by atoms with Crippen molar-refractivity contribution < 1.29 is 9.90 Å². The summed E-state index contributed by atoms with van der Waals surface area (Å²) in [5, 5.41) is 10.7. The van der Waals surface area contributed by atoms with Gasteiger partial charge < -0.3 is 9.51 Å².